The molecular weight excluding hydrogens is 336 g/mol. The van der Waals surface area contributed by atoms with Crippen LogP contribution in [0.25, 0.3) is 10.9 Å². The number of nitrogen functional groups attached to an aromatic ring is 1. The van der Waals surface area contributed by atoms with Gasteiger partial charge in [0.15, 0.2) is 0 Å². The average Bonchev–Trinajstić information content (AvgIpc) is 2.68. The van der Waals surface area contributed by atoms with E-state index in [0.29, 0.717) is 0 Å². The molecule has 0 bridgehead atoms. The lowest BCUT2D eigenvalue weighted by atomic mass is 10.1. The minimum atomic E-state index is 0.803. The van der Waals surface area contributed by atoms with Crippen molar-refractivity contribution in [2.75, 3.05) is 32.2 Å². The van der Waals surface area contributed by atoms with Crippen molar-refractivity contribution in [2.45, 2.75) is 64.7 Å². The lowest BCUT2D eigenvalue weighted by molar-refractivity contribution is 0.0795. The van der Waals surface area contributed by atoms with E-state index in [1.807, 2.05) is 30.3 Å². The number of aromatic nitrogens is 1. The molecule has 1 heterocycles. The van der Waals surface area contributed by atoms with E-state index in [1.54, 1.807) is 0 Å². The Morgan fingerprint density at radius 2 is 1.48 bits per heavy atom. The van der Waals surface area contributed by atoms with Gasteiger partial charge in [-0.3, -0.25) is 4.98 Å². The van der Waals surface area contributed by atoms with Crippen LogP contribution in [-0.2, 0) is 15.9 Å². The highest BCUT2D eigenvalue weighted by atomic mass is 16.5. The van der Waals surface area contributed by atoms with E-state index >= 15 is 0 Å². The van der Waals surface area contributed by atoms with Gasteiger partial charge in [0.2, 0.25) is 0 Å². The van der Waals surface area contributed by atoms with Gasteiger partial charge in [-0.25, -0.2) is 0 Å². The number of benzene rings is 1. The molecule has 2 aromatic rings. The molecule has 27 heavy (non-hydrogen) atoms. The predicted molar refractivity (Wildman–Crippen MR) is 114 cm³/mol. The minimum absolute atomic E-state index is 0.803. The summed E-state index contributed by atoms with van der Waals surface area (Å²) >= 11 is 0. The Morgan fingerprint density at radius 3 is 2.22 bits per heavy atom. The first kappa shape index (κ1) is 21.6. The van der Waals surface area contributed by atoms with Gasteiger partial charge in [-0.15, -0.1) is 0 Å². The van der Waals surface area contributed by atoms with Gasteiger partial charge in [-0.05, 0) is 44.2 Å². The first-order chi connectivity index (χ1) is 13.3. The van der Waals surface area contributed by atoms with Crippen molar-refractivity contribution in [1.82, 2.24) is 4.98 Å². The summed E-state index contributed by atoms with van der Waals surface area (Å²) in [5.74, 6) is 0. The summed E-state index contributed by atoms with van der Waals surface area (Å²) in [6, 6.07) is 10.1. The molecule has 4 nitrogen and oxygen atoms in total. The maximum absolute atomic E-state index is 6.14. The van der Waals surface area contributed by atoms with Crippen molar-refractivity contribution in [3.8, 4) is 0 Å². The minimum Gasteiger partial charge on any atom is -0.398 e. The van der Waals surface area contributed by atoms with Crippen LogP contribution >= 0.6 is 0 Å². The number of ether oxygens (including phenoxy) is 2. The maximum Gasteiger partial charge on any atom is 0.0725 e. The molecule has 2 rings (SSSR count). The zero-order chi connectivity index (χ0) is 19.2. The van der Waals surface area contributed by atoms with Crippen molar-refractivity contribution < 1.29 is 9.47 Å². The van der Waals surface area contributed by atoms with E-state index in [4.69, 9.17) is 20.2 Å². The van der Waals surface area contributed by atoms with Crippen molar-refractivity contribution in [3.63, 3.8) is 0 Å². The lowest BCUT2D eigenvalue weighted by Crippen LogP contribution is -2.03. The Kier molecular flexibility index (Phi) is 10.8. The van der Waals surface area contributed by atoms with E-state index in [0.717, 1.165) is 80.8 Å². The van der Waals surface area contributed by atoms with Crippen LogP contribution in [0.1, 0.15) is 64.0 Å². The fourth-order valence-corrected chi connectivity index (χ4v) is 3.17. The summed E-state index contributed by atoms with van der Waals surface area (Å²) in [5, 5.41) is 1.04. The fourth-order valence-electron chi connectivity index (χ4n) is 3.17. The number of pyridine rings is 1. The van der Waals surface area contributed by atoms with Gasteiger partial charge in [0.25, 0.3) is 0 Å². The van der Waals surface area contributed by atoms with Crippen LogP contribution in [0.4, 0.5) is 5.69 Å². The van der Waals surface area contributed by atoms with Gasteiger partial charge >= 0.3 is 0 Å². The highest BCUT2D eigenvalue weighted by molar-refractivity contribution is 5.90. The number of anilines is 1. The summed E-state index contributed by atoms with van der Waals surface area (Å²) in [5.41, 5.74) is 9.04. The fraction of sp³-hybridized carbons (Fsp3) is 0.609. The molecule has 4 heteroatoms. The first-order valence-corrected chi connectivity index (χ1v) is 10.6. The third-order valence-electron chi connectivity index (χ3n) is 4.74. The Balaban J connectivity index is 1.45. The zero-order valence-electron chi connectivity index (χ0n) is 16.9. The van der Waals surface area contributed by atoms with Gasteiger partial charge < -0.3 is 15.2 Å². The smallest absolute Gasteiger partial charge is 0.0725 e. The number of hydrogen-bond donors (Lipinski definition) is 1. The molecule has 150 valence electrons. The van der Waals surface area contributed by atoms with Crippen LogP contribution < -0.4 is 5.73 Å². The summed E-state index contributed by atoms with van der Waals surface area (Å²) in [4.78, 5) is 4.71. The van der Waals surface area contributed by atoms with Crippen molar-refractivity contribution in [3.05, 3.63) is 36.0 Å². The molecular formula is C23H36N2O2. The van der Waals surface area contributed by atoms with E-state index in [2.05, 4.69) is 6.92 Å². The molecule has 0 atom stereocenters. The molecule has 0 spiro atoms. The monoisotopic (exact) mass is 372 g/mol. The first-order valence-electron chi connectivity index (χ1n) is 10.6. The van der Waals surface area contributed by atoms with Crippen LogP contribution in [-0.4, -0.2) is 31.4 Å². The van der Waals surface area contributed by atoms with Gasteiger partial charge in [-0.1, -0.05) is 50.8 Å². The summed E-state index contributed by atoms with van der Waals surface area (Å²) < 4.78 is 11.3. The predicted octanol–water partition coefficient (Wildman–Crippen LogP) is 5.53. The Labute approximate surface area is 164 Å². The molecule has 1 aromatic heterocycles. The van der Waals surface area contributed by atoms with E-state index in [1.165, 1.54) is 25.7 Å². The number of nitrogens with two attached hydrogens (primary N) is 1. The molecule has 0 saturated heterocycles. The number of fused-ring (bicyclic) bond motifs is 1. The third-order valence-corrected chi connectivity index (χ3v) is 4.74. The van der Waals surface area contributed by atoms with E-state index in [9.17, 15) is 0 Å². The Morgan fingerprint density at radius 1 is 0.815 bits per heavy atom. The van der Waals surface area contributed by atoms with Crippen LogP contribution in [0, 0.1) is 0 Å². The molecule has 0 aliphatic heterocycles. The topological polar surface area (TPSA) is 57.4 Å². The second kappa shape index (κ2) is 13.5. The van der Waals surface area contributed by atoms with Gasteiger partial charge in [0.05, 0.1) is 5.52 Å². The molecule has 0 amide bonds. The maximum atomic E-state index is 6.14. The van der Waals surface area contributed by atoms with Crippen LogP contribution in [0.15, 0.2) is 30.3 Å². The molecule has 0 aliphatic rings. The van der Waals surface area contributed by atoms with Crippen LogP contribution in [0.2, 0.25) is 0 Å². The Bertz CT molecular complexity index is 645. The van der Waals surface area contributed by atoms with Crippen LogP contribution in [0.5, 0.6) is 0 Å². The zero-order valence-corrected chi connectivity index (χ0v) is 16.9. The second-order valence-electron chi connectivity index (χ2n) is 7.17. The number of unbranched alkanes of at least 4 members (excludes halogenated alkanes) is 5. The number of nitrogens with zero attached hydrogens (tertiary/aromatic N) is 1. The largest absolute Gasteiger partial charge is 0.398 e. The van der Waals surface area contributed by atoms with Crippen molar-refractivity contribution in [1.29, 1.82) is 0 Å². The standard InChI is InChI=1S/C23H36N2O2/c1-2-3-4-9-15-26-17-11-18-27-16-10-5-6-12-20-19-22(24)21-13-7-8-14-23(21)25-20/h7-8,13-14,19H,2-6,9-12,15-18H2,1H3,(H2,24,25). The normalized spacial score (nSPS) is 11.3. The summed E-state index contributed by atoms with van der Waals surface area (Å²) in [6.45, 7) is 5.59. The van der Waals surface area contributed by atoms with Gasteiger partial charge in [0, 0.05) is 43.2 Å². The van der Waals surface area contributed by atoms with Crippen molar-refractivity contribution >= 4 is 16.6 Å². The molecule has 0 unspecified atom stereocenters. The third kappa shape index (κ3) is 8.72. The summed E-state index contributed by atoms with van der Waals surface area (Å²) in [6.07, 6.45) is 10.4. The number of para-hydroxylation sites is 1. The molecule has 0 aliphatic carbocycles. The molecule has 1 aromatic carbocycles. The second-order valence-corrected chi connectivity index (χ2v) is 7.17. The summed E-state index contributed by atoms with van der Waals surface area (Å²) in [7, 11) is 0. The molecule has 2 N–H and O–H groups in total. The highest BCUT2D eigenvalue weighted by Crippen LogP contribution is 2.21. The number of aryl methyl sites for hydroxylation is 1. The molecule has 0 radical (unpaired) electrons. The van der Waals surface area contributed by atoms with E-state index in [-0.39, 0.29) is 0 Å². The number of hydrogen-bond acceptors (Lipinski definition) is 4. The van der Waals surface area contributed by atoms with Crippen LogP contribution in [0.3, 0.4) is 0 Å². The van der Waals surface area contributed by atoms with Crippen molar-refractivity contribution in [2.24, 2.45) is 0 Å². The average molecular weight is 373 g/mol. The van der Waals surface area contributed by atoms with E-state index < -0.39 is 0 Å². The lowest BCUT2D eigenvalue weighted by Gasteiger charge is -2.07. The number of rotatable bonds is 15. The van der Waals surface area contributed by atoms with Gasteiger partial charge in [0.1, 0.15) is 0 Å². The van der Waals surface area contributed by atoms with Gasteiger partial charge in [-0.2, -0.15) is 0 Å². The Hall–Kier alpha value is -1.65. The SMILES string of the molecule is CCCCCCOCCCOCCCCCc1cc(N)c2ccccc2n1. The quantitative estimate of drug-likeness (QED) is 0.417. The molecule has 0 fully saturated rings. The highest BCUT2D eigenvalue weighted by Gasteiger charge is 2.03. The molecule has 0 saturated carbocycles.